The second-order valence-electron chi connectivity index (χ2n) is 3.86. The first kappa shape index (κ1) is 13.0. The minimum atomic E-state index is -0.455. The third kappa shape index (κ3) is 3.51. The van der Waals surface area contributed by atoms with Crippen molar-refractivity contribution in [2.75, 3.05) is 0 Å². The zero-order valence-corrected chi connectivity index (χ0v) is 10.3. The average molecular weight is 241 g/mol. The summed E-state index contributed by atoms with van der Waals surface area (Å²) in [7, 11) is 0. The molecule has 0 fully saturated rings. The van der Waals surface area contributed by atoms with Crippen LogP contribution in [0.3, 0.4) is 0 Å². The van der Waals surface area contributed by atoms with Crippen molar-refractivity contribution >= 4 is 17.5 Å². The third-order valence-corrected chi connectivity index (χ3v) is 2.94. The quantitative estimate of drug-likeness (QED) is 0.830. The Balaban J connectivity index is 2.72. The molecule has 4 heteroatoms. The highest BCUT2D eigenvalue weighted by Crippen LogP contribution is 2.17. The van der Waals surface area contributed by atoms with Crippen molar-refractivity contribution in [2.45, 2.75) is 32.9 Å². The van der Waals surface area contributed by atoms with Gasteiger partial charge in [-0.15, -0.1) is 0 Å². The van der Waals surface area contributed by atoms with Crippen LogP contribution in [0.1, 0.15) is 36.2 Å². The molecular weight excluding hydrogens is 224 g/mol. The summed E-state index contributed by atoms with van der Waals surface area (Å²) in [5.74, 6) is -0.455. The van der Waals surface area contributed by atoms with Crippen molar-refractivity contribution in [3.8, 4) is 0 Å². The molecule has 0 bridgehead atoms. The van der Waals surface area contributed by atoms with Crippen LogP contribution in [0.5, 0.6) is 0 Å². The van der Waals surface area contributed by atoms with Crippen LogP contribution in [0.15, 0.2) is 18.2 Å². The number of nitrogens with one attached hydrogen (secondary N) is 1. The summed E-state index contributed by atoms with van der Waals surface area (Å²) in [4.78, 5) is 10.9. The molecule has 1 aromatic carbocycles. The van der Waals surface area contributed by atoms with E-state index in [-0.39, 0.29) is 0 Å². The van der Waals surface area contributed by atoms with Crippen molar-refractivity contribution < 1.29 is 4.79 Å². The molecule has 88 valence electrons. The Morgan fingerprint density at radius 2 is 2.25 bits per heavy atom. The third-order valence-electron chi connectivity index (χ3n) is 2.59. The van der Waals surface area contributed by atoms with Crippen LogP contribution in [0.4, 0.5) is 0 Å². The molecule has 1 unspecified atom stereocenters. The second-order valence-corrected chi connectivity index (χ2v) is 4.27. The Morgan fingerprint density at radius 3 is 2.75 bits per heavy atom. The largest absolute Gasteiger partial charge is 0.366 e. The van der Waals surface area contributed by atoms with Gasteiger partial charge in [0.1, 0.15) is 0 Å². The molecule has 0 aromatic heterocycles. The molecule has 0 saturated heterocycles. The van der Waals surface area contributed by atoms with Crippen molar-refractivity contribution in [1.29, 1.82) is 0 Å². The summed E-state index contributed by atoms with van der Waals surface area (Å²) < 4.78 is 0. The summed E-state index contributed by atoms with van der Waals surface area (Å²) in [6.07, 6.45) is 1.07. The van der Waals surface area contributed by atoms with Crippen LogP contribution in [0.25, 0.3) is 0 Å². The average Bonchev–Trinajstić information content (AvgIpc) is 2.26. The normalized spacial score (nSPS) is 12.4. The molecule has 3 nitrogen and oxygen atoms in total. The van der Waals surface area contributed by atoms with E-state index in [1.165, 1.54) is 0 Å². The monoisotopic (exact) mass is 240 g/mol. The summed E-state index contributed by atoms with van der Waals surface area (Å²) in [6, 6.07) is 5.59. The van der Waals surface area contributed by atoms with Crippen molar-refractivity contribution in [3.05, 3.63) is 34.3 Å². The van der Waals surface area contributed by atoms with Crippen LogP contribution in [-0.2, 0) is 6.54 Å². The van der Waals surface area contributed by atoms with Gasteiger partial charge in [0.25, 0.3) is 0 Å². The Morgan fingerprint density at radius 1 is 1.56 bits per heavy atom. The lowest BCUT2D eigenvalue weighted by atomic mass is 10.1. The lowest BCUT2D eigenvalue weighted by Crippen LogP contribution is -2.24. The molecule has 1 amide bonds. The van der Waals surface area contributed by atoms with Gasteiger partial charge in [-0.1, -0.05) is 24.6 Å². The number of carbonyl (C=O) groups excluding carboxylic acids is 1. The fourth-order valence-corrected chi connectivity index (χ4v) is 1.52. The predicted molar refractivity (Wildman–Crippen MR) is 66.6 cm³/mol. The van der Waals surface area contributed by atoms with Crippen LogP contribution in [-0.4, -0.2) is 11.9 Å². The molecule has 3 N–H and O–H groups in total. The first-order chi connectivity index (χ1) is 7.54. The molecule has 0 saturated carbocycles. The molecule has 0 spiro atoms. The van der Waals surface area contributed by atoms with Gasteiger partial charge in [-0.3, -0.25) is 4.79 Å². The zero-order chi connectivity index (χ0) is 12.1. The Labute approximate surface area is 101 Å². The summed E-state index contributed by atoms with van der Waals surface area (Å²) >= 11 is 6.05. The van der Waals surface area contributed by atoms with Crippen molar-refractivity contribution in [3.63, 3.8) is 0 Å². The number of benzene rings is 1. The van der Waals surface area contributed by atoms with Gasteiger partial charge in [-0.2, -0.15) is 0 Å². The van der Waals surface area contributed by atoms with E-state index in [2.05, 4.69) is 19.2 Å². The minimum absolute atomic E-state index is 0.442. The number of halogens is 1. The van der Waals surface area contributed by atoms with Crippen LogP contribution >= 0.6 is 11.6 Å². The Bertz CT molecular complexity index is 379. The number of hydrogen-bond acceptors (Lipinski definition) is 2. The van der Waals surface area contributed by atoms with E-state index in [9.17, 15) is 4.79 Å². The van der Waals surface area contributed by atoms with Gasteiger partial charge in [0, 0.05) is 23.2 Å². The number of carbonyl (C=O) groups is 1. The lowest BCUT2D eigenvalue weighted by Gasteiger charge is -2.12. The van der Waals surface area contributed by atoms with Crippen LogP contribution in [0, 0.1) is 0 Å². The lowest BCUT2D eigenvalue weighted by molar-refractivity contribution is 0.100. The fourth-order valence-electron chi connectivity index (χ4n) is 1.27. The number of hydrogen-bond donors (Lipinski definition) is 2. The number of nitrogens with two attached hydrogens (primary N) is 1. The summed E-state index contributed by atoms with van der Waals surface area (Å²) in [6.45, 7) is 4.94. The highest BCUT2D eigenvalue weighted by molar-refractivity contribution is 6.31. The summed E-state index contributed by atoms with van der Waals surface area (Å²) in [5, 5.41) is 3.91. The molecule has 0 aliphatic carbocycles. The maximum absolute atomic E-state index is 10.9. The maximum Gasteiger partial charge on any atom is 0.248 e. The van der Waals surface area contributed by atoms with Crippen molar-refractivity contribution in [2.24, 2.45) is 5.73 Å². The molecule has 0 aliphatic rings. The SMILES string of the molecule is CCC(C)NCc1ccc(C(N)=O)cc1Cl. The van der Waals surface area contributed by atoms with E-state index < -0.39 is 5.91 Å². The smallest absolute Gasteiger partial charge is 0.248 e. The minimum Gasteiger partial charge on any atom is -0.366 e. The van der Waals surface area contributed by atoms with Gasteiger partial charge in [0.2, 0.25) is 5.91 Å². The number of amides is 1. The van der Waals surface area contributed by atoms with Gasteiger partial charge in [-0.05, 0) is 31.0 Å². The van der Waals surface area contributed by atoms with Gasteiger partial charge >= 0.3 is 0 Å². The topological polar surface area (TPSA) is 55.1 Å². The first-order valence-electron chi connectivity index (χ1n) is 5.36. The van der Waals surface area contributed by atoms with E-state index in [0.29, 0.717) is 23.2 Å². The highest BCUT2D eigenvalue weighted by atomic mass is 35.5. The van der Waals surface area contributed by atoms with Gasteiger partial charge in [0.05, 0.1) is 0 Å². The van der Waals surface area contributed by atoms with E-state index >= 15 is 0 Å². The number of primary amides is 1. The molecule has 16 heavy (non-hydrogen) atoms. The Kier molecular flexibility index (Phi) is 4.77. The van der Waals surface area contributed by atoms with E-state index in [4.69, 9.17) is 17.3 Å². The molecular formula is C12H17ClN2O. The first-order valence-corrected chi connectivity index (χ1v) is 5.74. The molecule has 0 radical (unpaired) electrons. The standard InChI is InChI=1S/C12H17ClN2O/c1-3-8(2)15-7-10-5-4-9(12(14)16)6-11(10)13/h4-6,8,15H,3,7H2,1-2H3,(H2,14,16). The molecule has 0 heterocycles. The van der Waals surface area contributed by atoms with E-state index in [0.717, 1.165) is 12.0 Å². The van der Waals surface area contributed by atoms with Gasteiger partial charge < -0.3 is 11.1 Å². The zero-order valence-electron chi connectivity index (χ0n) is 9.59. The second kappa shape index (κ2) is 5.87. The molecule has 1 atom stereocenters. The number of rotatable bonds is 5. The predicted octanol–water partition coefficient (Wildman–Crippen LogP) is 2.33. The van der Waals surface area contributed by atoms with Crippen LogP contribution < -0.4 is 11.1 Å². The highest BCUT2D eigenvalue weighted by Gasteiger charge is 2.06. The molecule has 0 aliphatic heterocycles. The fraction of sp³-hybridized carbons (Fsp3) is 0.417. The van der Waals surface area contributed by atoms with Gasteiger partial charge in [-0.25, -0.2) is 0 Å². The van der Waals surface area contributed by atoms with Crippen LogP contribution in [0.2, 0.25) is 5.02 Å². The Hall–Kier alpha value is -1.06. The van der Waals surface area contributed by atoms with Gasteiger partial charge in [0.15, 0.2) is 0 Å². The van der Waals surface area contributed by atoms with E-state index in [1.807, 2.05) is 6.07 Å². The molecule has 1 rings (SSSR count). The summed E-state index contributed by atoms with van der Waals surface area (Å²) in [5.41, 5.74) is 6.58. The maximum atomic E-state index is 10.9. The van der Waals surface area contributed by atoms with Crippen molar-refractivity contribution in [1.82, 2.24) is 5.32 Å². The van der Waals surface area contributed by atoms with E-state index in [1.54, 1.807) is 12.1 Å². The molecule has 1 aromatic rings.